The van der Waals surface area contributed by atoms with Gasteiger partial charge in [-0.2, -0.15) is 0 Å². The van der Waals surface area contributed by atoms with Gasteiger partial charge < -0.3 is 20.7 Å². The van der Waals surface area contributed by atoms with Crippen LogP contribution in [0.25, 0.3) is 0 Å². The molecule has 0 saturated carbocycles. The summed E-state index contributed by atoms with van der Waals surface area (Å²) in [5.74, 6) is -0.194. The summed E-state index contributed by atoms with van der Waals surface area (Å²) >= 11 is 5.85. The van der Waals surface area contributed by atoms with E-state index < -0.39 is 0 Å². The molecule has 170 valence electrons. The highest BCUT2D eigenvalue weighted by Gasteiger charge is 2.14. The Labute approximate surface area is 202 Å². The SMILES string of the molecule is O=C(COc1ccc(Cl)cc1)Nc1ccccc1C(=O)Nc1ccc(Nc2ccccc2)cc1. The largest absolute Gasteiger partial charge is 0.484 e. The van der Waals surface area contributed by atoms with Crippen molar-refractivity contribution >= 4 is 46.2 Å². The maximum Gasteiger partial charge on any atom is 0.262 e. The summed E-state index contributed by atoms with van der Waals surface area (Å²) in [5, 5.41) is 9.48. The number of para-hydroxylation sites is 2. The smallest absolute Gasteiger partial charge is 0.262 e. The minimum absolute atomic E-state index is 0.201. The van der Waals surface area contributed by atoms with E-state index in [1.807, 2.05) is 54.6 Å². The van der Waals surface area contributed by atoms with Gasteiger partial charge in [0.05, 0.1) is 11.3 Å². The molecular formula is C27H22ClN3O3. The first-order chi connectivity index (χ1) is 16.6. The number of halogens is 1. The highest BCUT2D eigenvalue weighted by Crippen LogP contribution is 2.21. The van der Waals surface area contributed by atoms with E-state index in [1.165, 1.54) is 0 Å². The lowest BCUT2D eigenvalue weighted by Gasteiger charge is -2.13. The molecule has 0 heterocycles. The van der Waals surface area contributed by atoms with Crippen molar-refractivity contribution in [2.24, 2.45) is 0 Å². The van der Waals surface area contributed by atoms with Crippen LogP contribution in [0.4, 0.5) is 22.7 Å². The molecule has 0 fully saturated rings. The van der Waals surface area contributed by atoms with Crippen LogP contribution in [0.2, 0.25) is 5.02 Å². The topological polar surface area (TPSA) is 79.5 Å². The van der Waals surface area contributed by atoms with Crippen LogP contribution in [0.1, 0.15) is 10.4 Å². The molecule has 4 rings (SSSR count). The number of hydrogen-bond donors (Lipinski definition) is 3. The first kappa shape index (κ1) is 22.9. The number of amides is 2. The normalized spacial score (nSPS) is 10.3. The lowest BCUT2D eigenvalue weighted by Crippen LogP contribution is -2.22. The van der Waals surface area contributed by atoms with E-state index in [0.29, 0.717) is 27.7 Å². The Morgan fingerprint density at radius 2 is 1.29 bits per heavy atom. The van der Waals surface area contributed by atoms with Crippen LogP contribution in [0.5, 0.6) is 5.75 Å². The van der Waals surface area contributed by atoms with Crippen LogP contribution in [0, 0.1) is 0 Å². The standard InChI is InChI=1S/C27H22ClN3O3/c28-19-10-16-23(17-11-19)34-18-26(32)31-25-9-5-4-8-24(25)27(33)30-22-14-12-21(13-15-22)29-20-6-2-1-3-7-20/h1-17,29H,18H2,(H,30,33)(H,31,32). The summed E-state index contributed by atoms with van der Waals surface area (Å²) in [4.78, 5) is 25.3. The summed E-state index contributed by atoms with van der Waals surface area (Å²) in [7, 11) is 0. The van der Waals surface area contributed by atoms with Crippen molar-refractivity contribution < 1.29 is 14.3 Å². The van der Waals surface area contributed by atoms with E-state index in [1.54, 1.807) is 48.5 Å². The Bertz CT molecular complexity index is 1260. The summed E-state index contributed by atoms with van der Waals surface area (Å²) in [5.41, 5.74) is 3.25. The van der Waals surface area contributed by atoms with E-state index in [2.05, 4.69) is 16.0 Å². The molecule has 0 aliphatic heterocycles. The van der Waals surface area contributed by atoms with E-state index >= 15 is 0 Å². The van der Waals surface area contributed by atoms with Crippen LogP contribution in [-0.2, 0) is 4.79 Å². The predicted octanol–water partition coefficient (Wildman–Crippen LogP) is 6.35. The number of carbonyl (C=O) groups is 2. The molecule has 0 spiro atoms. The maximum atomic E-state index is 12.9. The molecule has 0 radical (unpaired) electrons. The monoisotopic (exact) mass is 471 g/mol. The van der Waals surface area contributed by atoms with Gasteiger partial charge in [-0.3, -0.25) is 9.59 Å². The van der Waals surface area contributed by atoms with Crippen LogP contribution in [0.15, 0.2) is 103 Å². The number of hydrogen-bond acceptors (Lipinski definition) is 4. The summed E-state index contributed by atoms with van der Waals surface area (Å²) in [6, 6.07) is 30.7. The number of carbonyl (C=O) groups excluding carboxylic acids is 2. The zero-order chi connectivity index (χ0) is 23.8. The van der Waals surface area contributed by atoms with Crippen molar-refractivity contribution in [1.82, 2.24) is 0 Å². The summed E-state index contributed by atoms with van der Waals surface area (Å²) < 4.78 is 5.47. The molecule has 0 aliphatic rings. The molecule has 0 saturated heterocycles. The van der Waals surface area contributed by atoms with Gasteiger partial charge in [-0.1, -0.05) is 41.9 Å². The zero-order valence-corrected chi connectivity index (χ0v) is 18.9. The first-order valence-corrected chi connectivity index (χ1v) is 11.0. The van der Waals surface area contributed by atoms with Gasteiger partial charge in [0.2, 0.25) is 0 Å². The zero-order valence-electron chi connectivity index (χ0n) is 18.1. The third-order valence-corrected chi connectivity index (χ3v) is 5.09. The number of ether oxygens (including phenoxy) is 1. The Morgan fingerprint density at radius 3 is 2.03 bits per heavy atom. The van der Waals surface area contributed by atoms with Crippen molar-refractivity contribution in [2.75, 3.05) is 22.6 Å². The highest BCUT2D eigenvalue weighted by atomic mass is 35.5. The molecule has 0 aliphatic carbocycles. The van der Waals surface area contributed by atoms with E-state index in [-0.39, 0.29) is 18.4 Å². The third kappa shape index (κ3) is 6.37. The third-order valence-electron chi connectivity index (χ3n) is 4.83. The Hall–Kier alpha value is -4.29. The molecule has 0 aromatic heterocycles. The molecule has 4 aromatic carbocycles. The van der Waals surface area contributed by atoms with Crippen molar-refractivity contribution in [3.63, 3.8) is 0 Å². The van der Waals surface area contributed by atoms with E-state index in [4.69, 9.17) is 16.3 Å². The summed E-state index contributed by atoms with van der Waals surface area (Å²) in [6.45, 7) is -0.201. The highest BCUT2D eigenvalue weighted by molar-refractivity contribution is 6.30. The lowest BCUT2D eigenvalue weighted by atomic mass is 10.1. The number of rotatable bonds is 8. The number of benzene rings is 4. The lowest BCUT2D eigenvalue weighted by molar-refractivity contribution is -0.118. The molecule has 3 N–H and O–H groups in total. The van der Waals surface area contributed by atoms with Gasteiger partial charge >= 0.3 is 0 Å². The van der Waals surface area contributed by atoms with Crippen molar-refractivity contribution in [1.29, 1.82) is 0 Å². The average molecular weight is 472 g/mol. The van der Waals surface area contributed by atoms with Crippen molar-refractivity contribution in [3.05, 3.63) is 114 Å². The van der Waals surface area contributed by atoms with Gasteiger partial charge in [-0.25, -0.2) is 0 Å². The second kappa shape index (κ2) is 11.0. The van der Waals surface area contributed by atoms with Crippen LogP contribution >= 0.6 is 11.6 Å². The van der Waals surface area contributed by atoms with Gasteiger partial charge in [0.15, 0.2) is 6.61 Å². The quantitative estimate of drug-likeness (QED) is 0.279. The molecule has 7 heteroatoms. The molecule has 2 amide bonds. The fraction of sp³-hybridized carbons (Fsp3) is 0.0370. The molecule has 34 heavy (non-hydrogen) atoms. The maximum absolute atomic E-state index is 12.9. The number of nitrogens with one attached hydrogen (secondary N) is 3. The van der Waals surface area contributed by atoms with Crippen molar-refractivity contribution in [2.45, 2.75) is 0 Å². The molecule has 0 atom stereocenters. The van der Waals surface area contributed by atoms with Crippen molar-refractivity contribution in [3.8, 4) is 5.75 Å². The Morgan fingerprint density at radius 1 is 0.676 bits per heavy atom. The molecular weight excluding hydrogens is 450 g/mol. The van der Waals surface area contributed by atoms with E-state index in [9.17, 15) is 9.59 Å². The number of anilines is 4. The van der Waals surface area contributed by atoms with E-state index in [0.717, 1.165) is 11.4 Å². The minimum Gasteiger partial charge on any atom is -0.484 e. The van der Waals surface area contributed by atoms with Gasteiger partial charge in [0.25, 0.3) is 11.8 Å². The fourth-order valence-corrected chi connectivity index (χ4v) is 3.31. The Kier molecular flexibility index (Phi) is 7.42. The molecule has 6 nitrogen and oxygen atoms in total. The minimum atomic E-state index is -0.383. The van der Waals surface area contributed by atoms with Gasteiger partial charge in [0, 0.05) is 22.1 Å². The van der Waals surface area contributed by atoms with Crippen LogP contribution in [0.3, 0.4) is 0 Å². The second-order valence-electron chi connectivity index (χ2n) is 7.36. The first-order valence-electron chi connectivity index (χ1n) is 10.6. The Balaban J connectivity index is 1.36. The second-order valence-corrected chi connectivity index (χ2v) is 7.80. The van der Waals surface area contributed by atoms with Gasteiger partial charge in [-0.15, -0.1) is 0 Å². The summed E-state index contributed by atoms with van der Waals surface area (Å²) in [6.07, 6.45) is 0. The molecule has 0 unspecified atom stereocenters. The molecule has 0 bridgehead atoms. The van der Waals surface area contributed by atoms with Crippen LogP contribution in [-0.4, -0.2) is 18.4 Å². The van der Waals surface area contributed by atoms with Gasteiger partial charge in [-0.05, 0) is 72.8 Å². The fourth-order valence-electron chi connectivity index (χ4n) is 3.18. The average Bonchev–Trinajstić information content (AvgIpc) is 2.86. The molecule has 4 aromatic rings. The van der Waals surface area contributed by atoms with Gasteiger partial charge in [0.1, 0.15) is 5.75 Å². The van der Waals surface area contributed by atoms with Crippen LogP contribution < -0.4 is 20.7 Å². The predicted molar refractivity (Wildman–Crippen MR) is 136 cm³/mol.